The van der Waals surface area contributed by atoms with Crippen LogP contribution in [0.15, 0.2) is 36.5 Å². The molecule has 0 aromatic carbocycles. The molecule has 3 aliphatic rings. The van der Waals surface area contributed by atoms with Gasteiger partial charge < -0.3 is 9.80 Å². The van der Waals surface area contributed by atoms with E-state index in [0.717, 1.165) is 22.1 Å². The lowest BCUT2D eigenvalue weighted by atomic mass is 9.83. The average Bonchev–Trinajstić information content (AvgIpc) is 3.11. The maximum Gasteiger partial charge on any atom is 0.322 e. The molecule has 126 valence electrons. The Morgan fingerprint density at radius 2 is 2.12 bits per heavy atom. The highest BCUT2D eigenvalue weighted by molar-refractivity contribution is 7.19. The van der Waals surface area contributed by atoms with Gasteiger partial charge in [0.2, 0.25) is 0 Å². The minimum atomic E-state index is -0.0110. The summed E-state index contributed by atoms with van der Waals surface area (Å²) in [5, 5.41) is 3.92. The number of carbonyl (C=O) groups is 1. The minimum absolute atomic E-state index is 0.0110. The highest BCUT2D eigenvalue weighted by atomic mass is 32.1. The number of thiophene rings is 1. The highest BCUT2D eigenvalue weighted by Gasteiger charge is 2.37. The van der Waals surface area contributed by atoms with Gasteiger partial charge in [-0.3, -0.25) is 10.3 Å². The second-order valence-corrected chi connectivity index (χ2v) is 7.71. The first-order valence-electron chi connectivity index (χ1n) is 8.48. The number of hydrogen-bond acceptors (Lipinski definition) is 4. The van der Waals surface area contributed by atoms with Gasteiger partial charge in [-0.05, 0) is 56.1 Å². The molecule has 5 nitrogen and oxygen atoms in total. The number of urea groups is 1. The Morgan fingerprint density at radius 3 is 2.79 bits per heavy atom. The van der Waals surface area contributed by atoms with E-state index in [1.54, 1.807) is 17.5 Å². The van der Waals surface area contributed by atoms with Gasteiger partial charge in [0, 0.05) is 25.8 Å². The Bertz CT molecular complexity index is 709. The van der Waals surface area contributed by atoms with Crippen LogP contribution >= 0.6 is 11.3 Å². The van der Waals surface area contributed by atoms with Gasteiger partial charge >= 0.3 is 6.03 Å². The molecule has 2 aromatic rings. The number of aromatic nitrogens is 1. The van der Waals surface area contributed by atoms with E-state index in [1.807, 2.05) is 42.3 Å². The number of anilines is 1. The highest BCUT2D eigenvalue weighted by Crippen LogP contribution is 2.32. The number of amides is 2. The fraction of sp³-hybridized carbons (Fsp3) is 0.444. The normalized spacial score (nSPS) is 25.5. The zero-order valence-electron chi connectivity index (χ0n) is 13.8. The molecular weight excluding hydrogens is 320 g/mol. The topological polar surface area (TPSA) is 48.5 Å². The van der Waals surface area contributed by atoms with Gasteiger partial charge in [0.15, 0.2) is 0 Å². The molecule has 3 fully saturated rings. The van der Waals surface area contributed by atoms with E-state index in [4.69, 9.17) is 0 Å². The number of nitrogens with zero attached hydrogens (tertiary/aromatic N) is 3. The molecule has 0 saturated carbocycles. The maximum absolute atomic E-state index is 12.6. The van der Waals surface area contributed by atoms with Crippen LogP contribution in [0.1, 0.15) is 12.8 Å². The third-order valence-corrected chi connectivity index (χ3v) is 6.22. The zero-order chi connectivity index (χ0) is 16.5. The molecule has 5 rings (SSSR count). The second kappa shape index (κ2) is 6.53. The first kappa shape index (κ1) is 15.6. The number of hydrogen-bond donors (Lipinski definition) is 1. The molecular formula is C18H22N4OS. The molecule has 1 atom stereocenters. The van der Waals surface area contributed by atoms with Crippen LogP contribution in [-0.2, 0) is 0 Å². The Kier molecular flexibility index (Phi) is 4.24. The molecule has 2 bridgehead atoms. The van der Waals surface area contributed by atoms with Gasteiger partial charge in [-0.25, -0.2) is 4.79 Å². The molecule has 0 spiro atoms. The zero-order valence-corrected chi connectivity index (χ0v) is 14.6. The summed E-state index contributed by atoms with van der Waals surface area (Å²) in [7, 11) is 1.93. The Balaban J connectivity index is 1.42. The third-order valence-electron chi connectivity index (χ3n) is 5.19. The molecule has 3 saturated heterocycles. The van der Waals surface area contributed by atoms with Crippen molar-refractivity contribution in [3.8, 4) is 10.6 Å². The second-order valence-electron chi connectivity index (χ2n) is 6.63. The van der Waals surface area contributed by atoms with Crippen molar-refractivity contribution in [2.75, 3.05) is 32.0 Å². The minimum Gasteiger partial charge on any atom is -0.323 e. The molecule has 5 heterocycles. The van der Waals surface area contributed by atoms with Gasteiger partial charge in [0.25, 0.3) is 0 Å². The van der Waals surface area contributed by atoms with Crippen molar-refractivity contribution in [1.29, 1.82) is 0 Å². The van der Waals surface area contributed by atoms with E-state index in [1.165, 1.54) is 25.9 Å². The number of piperidine rings is 3. The van der Waals surface area contributed by atoms with E-state index in [2.05, 4.69) is 15.2 Å². The van der Waals surface area contributed by atoms with Crippen molar-refractivity contribution >= 4 is 22.4 Å². The number of likely N-dealkylation sites (N-methyl/N-ethyl adjacent to an activating group) is 1. The predicted molar refractivity (Wildman–Crippen MR) is 97.3 cm³/mol. The summed E-state index contributed by atoms with van der Waals surface area (Å²) >= 11 is 1.56. The largest absolute Gasteiger partial charge is 0.323 e. The lowest BCUT2D eigenvalue weighted by Gasteiger charge is -2.47. The molecule has 0 unspecified atom stereocenters. The van der Waals surface area contributed by atoms with E-state index < -0.39 is 0 Å². The van der Waals surface area contributed by atoms with Crippen LogP contribution in [0.3, 0.4) is 0 Å². The van der Waals surface area contributed by atoms with Crippen LogP contribution in [-0.4, -0.2) is 53.5 Å². The summed E-state index contributed by atoms with van der Waals surface area (Å²) in [5.74, 6) is 0.651. The standard InChI is InChI=1S/C18H22N4OS/c1-21(15-12-22-10-7-13(15)8-11-22)18(23)20-17-6-5-16(24-17)14-4-2-3-9-19-14/h2-6,9,13,15H,7-8,10-12H2,1H3,(H,20,23)/t15-/m0/s1. The lowest BCUT2D eigenvalue weighted by Crippen LogP contribution is -2.58. The number of fused-ring (bicyclic) bond motifs is 3. The average molecular weight is 342 g/mol. The molecule has 2 aromatic heterocycles. The van der Waals surface area contributed by atoms with Crippen LogP contribution in [0.2, 0.25) is 0 Å². The molecule has 0 radical (unpaired) electrons. The molecule has 2 amide bonds. The van der Waals surface area contributed by atoms with Gasteiger partial charge in [-0.1, -0.05) is 6.07 Å². The van der Waals surface area contributed by atoms with Gasteiger partial charge in [0.1, 0.15) is 0 Å². The summed E-state index contributed by atoms with van der Waals surface area (Å²) in [5.41, 5.74) is 0.939. The third kappa shape index (κ3) is 3.03. The Labute approximate surface area is 146 Å². The quantitative estimate of drug-likeness (QED) is 0.930. The predicted octanol–water partition coefficient (Wildman–Crippen LogP) is 3.37. The number of nitrogens with one attached hydrogen (secondary N) is 1. The Morgan fingerprint density at radius 1 is 1.29 bits per heavy atom. The van der Waals surface area contributed by atoms with Crippen molar-refractivity contribution in [2.24, 2.45) is 5.92 Å². The lowest BCUT2D eigenvalue weighted by molar-refractivity contribution is 0.0336. The van der Waals surface area contributed by atoms with Crippen molar-refractivity contribution in [1.82, 2.24) is 14.8 Å². The molecule has 6 heteroatoms. The molecule has 24 heavy (non-hydrogen) atoms. The summed E-state index contributed by atoms with van der Waals surface area (Å²) in [6.45, 7) is 3.39. The van der Waals surface area contributed by atoms with Gasteiger partial charge in [-0.2, -0.15) is 0 Å². The van der Waals surface area contributed by atoms with Gasteiger partial charge in [0.05, 0.1) is 15.6 Å². The van der Waals surface area contributed by atoms with Crippen LogP contribution in [0.25, 0.3) is 10.6 Å². The first-order valence-corrected chi connectivity index (χ1v) is 9.30. The van der Waals surface area contributed by atoms with Crippen molar-refractivity contribution in [3.05, 3.63) is 36.5 Å². The molecule has 3 aliphatic heterocycles. The summed E-state index contributed by atoms with van der Waals surface area (Å²) in [6, 6.07) is 10.2. The van der Waals surface area contributed by atoms with E-state index in [-0.39, 0.29) is 6.03 Å². The van der Waals surface area contributed by atoms with Crippen molar-refractivity contribution in [2.45, 2.75) is 18.9 Å². The van der Waals surface area contributed by atoms with Crippen LogP contribution in [0, 0.1) is 5.92 Å². The summed E-state index contributed by atoms with van der Waals surface area (Å²) < 4.78 is 0. The van der Waals surface area contributed by atoms with Crippen molar-refractivity contribution in [3.63, 3.8) is 0 Å². The molecule has 0 aliphatic carbocycles. The number of rotatable bonds is 3. The summed E-state index contributed by atoms with van der Waals surface area (Å²) in [4.78, 5) is 22.4. The molecule has 1 N–H and O–H groups in total. The van der Waals surface area contributed by atoms with E-state index >= 15 is 0 Å². The maximum atomic E-state index is 12.6. The number of pyridine rings is 1. The summed E-state index contributed by atoms with van der Waals surface area (Å²) in [6.07, 6.45) is 4.21. The SMILES string of the molecule is CN(C(=O)Nc1ccc(-c2ccccn2)s1)[C@H]1CN2CCC1CC2. The van der Waals surface area contributed by atoms with Gasteiger partial charge in [-0.15, -0.1) is 11.3 Å². The fourth-order valence-corrected chi connectivity index (χ4v) is 4.64. The first-order chi connectivity index (χ1) is 11.7. The van der Waals surface area contributed by atoms with Crippen LogP contribution in [0.5, 0.6) is 0 Å². The van der Waals surface area contributed by atoms with E-state index in [0.29, 0.717) is 12.0 Å². The van der Waals surface area contributed by atoms with E-state index in [9.17, 15) is 4.79 Å². The van der Waals surface area contributed by atoms with Crippen LogP contribution < -0.4 is 5.32 Å². The Hall–Kier alpha value is -1.92. The smallest absolute Gasteiger partial charge is 0.322 e. The number of carbonyl (C=O) groups excluding carboxylic acids is 1. The fourth-order valence-electron chi connectivity index (χ4n) is 3.77. The monoisotopic (exact) mass is 342 g/mol. The van der Waals surface area contributed by atoms with Crippen LogP contribution in [0.4, 0.5) is 9.80 Å². The van der Waals surface area contributed by atoms with Crippen molar-refractivity contribution < 1.29 is 4.79 Å².